The van der Waals surface area contributed by atoms with Crippen molar-refractivity contribution in [3.05, 3.63) is 10.5 Å². The minimum Gasteiger partial charge on any atom is -0.381 e. The third kappa shape index (κ3) is 1.89. The molecule has 0 bridgehead atoms. The number of imidazole rings is 1. The van der Waals surface area contributed by atoms with Gasteiger partial charge in [0.1, 0.15) is 5.52 Å². The van der Waals surface area contributed by atoms with Crippen molar-refractivity contribution in [1.29, 1.82) is 0 Å². The van der Waals surface area contributed by atoms with Gasteiger partial charge in [0.05, 0.1) is 5.69 Å². The van der Waals surface area contributed by atoms with Gasteiger partial charge in [-0.1, -0.05) is 0 Å². The second-order valence-electron chi connectivity index (χ2n) is 5.01. The number of fused-ring (bicyclic) bond motifs is 1. The minimum absolute atomic E-state index is 0.672. The lowest BCUT2D eigenvalue weighted by molar-refractivity contribution is 0.183. The first-order valence-electron chi connectivity index (χ1n) is 6.36. The molecule has 0 radical (unpaired) electrons. The van der Waals surface area contributed by atoms with Crippen molar-refractivity contribution < 1.29 is 4.74 Å². The third-order valence-electron chi connectivity index (χ3n) is 3.71. The molecule has 2 aromatic heterocycles. The maximum atomic E-state index is 5.41. The number of aromatic amines is 1. The summed E-state index contributed by atoms with van der Waals surface area (Å²) in [5.41, 5.74) is 3.16. The number of aryl methyl sites for hydroxylation is 3. The highest BCUT2D eigenvalue weighted by Gasteiger charge is 2.17. The van der Waals surface area contributed by atoms with Crippen LogP contribution in [0.5, 0.6) is 0 Å². The summed E-state index contributed by atoms with van der Waals surface area (Å²) in [6, 6.07) is 0. The second kappa shape index (κ2) is 4.51. The summed E-state index contributed by atoms with van der Waals surface area (Å²) in [4.78, 5) is 3.25. The van der Waals surface area contributed by atoms with Gasteiger partial charge < -0.3 is 14.3 Å². The highest BCUT2D eigenvalue weighted by Crippen LogP contribution is 2.21. The maximum Gasteiger partial charge on any atom is 0.179 e. The molecular formula is C12H18N4OS. The van der Waals surface area contributed by atoms with Gasteiger partial charge >= 0.3 is 0 Å². The van der Waals surface area contributed by atoms with Crippen LogP contribution in [-0.2, 0) is 18.3 Å². The Morgan fingerprint density at radius 3 is 3.11 bits per heavy atom. The van der Waals surface area contributed by atoms with Crippen molar-refractivity contribution in [2.24, 2.45) is 13.0 Å². The Morgan fingerprint density at radius 2 is 2.39 bits per heavy atom. The SMILES string of the molecule is Cc1nn(C)c2c1[nH]c(=S)n2CCC1CCOC1. The Balaban J connectivity index is 1.90. The molecular weight excluding hydrogens is 248 g/mol. The number of hydrogen-bond acceptors (Lipinski definition) is 3. The number of nitrogens with one attached hydrogen (secondary N) is 1. The Hall–Kier alpha value is -1.14. The Morgan fingerprint density at radius 1 is 1.56 bits per heavy atom. The monoisotopic (exact) mass is 266 g/mol. The lowest BCUT2D eigenvalue weighted by atomic mass is 10.1. The van der Waals surface area contributed by atoms with Crippen LogP contribution in [0, 0.1) is 17.6 Å². The standard InChI is InChI=1S/C12H18N4OS/c1-8-10-11(15(2)14-8)16(12(18)13-10)5-3-9-4-6-17-7-9/h9H,3-7H2,1-2H3,(H,13,18). The average molecular weight is 266 g/mol. The van der Waals surface area contributed by atoms with E-state index in [0.717, 1.165) is 47.8 Å². The third-order valence-corrected chi connectivity index (χ3v) is 4.03. The van der Waals surface area contributed by atoms with Crippen LogP contribution in [0.3, 0.4) is 0 Å². The predicted molar refractivity (Wildman–Crippen MR) is 72.2 cm³/mol. The van der Waals surface area contributed by atoms with Crippen LogP contribution in [0.2, 0.25) is 0 Å². The van der Waals surface area contributed by atoms with E-state index >= 15 is 0 Å². The van der Waals surface area contributed by atoms with Crippen LogP contribution >= 0.6 is 12.2 Å². The Labute approximate surface area is 111 Å². The number of rotatable bonds is 3. The maximum absolute atomic E-state index is 5.41. The van der Waals surface area contributed by atoms with Gasteiger partial charge in [-0.25, -0.2) is 0 Å². The van der Waals surface area contributed by atoms with Crippen LogP contribution in [0.1, 0.15) is 18.5 Å². The average Bonchev–Trinajstić information content (AvgIpc) is 2.98. The normalized spacial score (nSPS) is 20.0. The zero-order valence-electron chi connectivity index (χ0n) is 10.8. The fourth-order valence-electron chi connectivity index (χ4n) is 2.70. The zero-order chi connectivity index (χ0) is 12.7. The molecule has 1 fully saturated rings. The zero-order valence-corrected chi connectivity index (χ0v) is 11.6. The molecule has 0 spiro atoms. The molecule has 3 heterocycles. The van der Waals surface area contributed by atoms with Gasteiger partial charge in [0.2, 0.25) is 0 Å². The molecule has 98 valence electrons. The predicted octanol–water partition coefficient (Wildman–Crippen LogP) is 2.17. The summed E-state index contributed by atoms with van der Waals surface area (Å²) < 4.78 is 10.3. The number of aromatic nitrogens is 4. The molecule has 2 aromatic rings. The van der Waals surface area contributed by atoms with Crippen molar-refractivity contribution in [3.8, 4) is 0 Å². The molecule has 1 unspecified atom stereocenters. The molecule has 0 amide bonds. The van der Waals surface area contributed by atoms with Crippen LogP contribution in [-0.4, -0.2) is 32.5 Å². The molecule has 1 aliphatic heterocycles. The highest BCUT2D eigenvalue weighted by molar-refractivity contribution is 7.71. The van der Waals surface area contributed by atoms with Crippen molar-refractivity contribution >= 4 is 23.4 Å². The van der Waals surface area contributed by atoms with Gasteiger partial charge in [-0.05, 0) is 37.9 Å². The first-order chi connectivity index (χ1) is 8.66. The van der Waals surface area contributed by atoms with Gasteiger partial charge in [-0.15, -0.1) is 0 Å². The van der Waals surface area contributed by atoms with E-state index < -0.39 is 0 Å². The van der Waals surface area contributed by atoms with Crippen LogP contribution in [0.25, 0.3) is 11.2 Å². The van der Waals surface area contributed by atoms with Gasteiger partial charge in [-0.2, -0.15) is 5.10 Å². The molecule has 0 aromatic carbocycles. The van der Waals surface area contributed by atoms with E-state index in [1.165, 1.54) is 6.42 Å². The first-order valence-corrected chi connectivity index (χ1v) is 6.77. The fraction of sp³-hybridized carbons (Fsp3) is 0.667. The van der Waals surface area contributed by atoms with Gasteiger partial charge in [0.25, 0.3) is 0 Å². The summed E-state index contributed by atoms with van der Waals surface area (Å²) in [5, 5.41) is 4.43. The molecule has 5 nitrogen and oxygen atoms in total. The molecule has 6 heteroatoms. The van der Waals surface area contributed by atoms with E-state index in [4.69, 9.17) is 17.0 Å². The van der Waals surface area contributed by atoms with Crippen LogP contribution in [0.15, 0.2) is 0 Å². The lowest BCUT2D eigenvalue weighted by Gasteiger charge is -2.08. The molecule has 1 atom stereocenters. The number of nitrogens with zero attached hydrogens (tertiary/aromatic N) is 3. The van der Waals surface area contributed by atoms with E-state index in [2.05, 4.69) is 14.6 Å². The van der Waals surface area contributed by atoms with Gasteiger partial charge in [0, 0.05) is 26.8 Å². The van der Waals surface area contributed by atoms with Crippen molar-refractivity contribution in [3.63, 3.8) is 0 Å². The number of ether oxygens (including phenoxy) is 1. The molecule has 18 heavy (non-hydrogen) atoms. The number of hydrogen-bond donors (Lipinski definition) is 1. The smallest absolute Gasteiger partial charge is 0.179 e. The lowest BCUT2D eigenvalue weighted by Crippen LogP contribution is -2.08. The van der Waals surface area contributed by atoms with E-state index in [9.17, 15) is 0 Å². The largest absolute Gasteiger partial charge is 0.381 e. The van der Waals surface area contributed by atoms with Gasteiger partial charge in [0.15, 0.2) is 10.4 Å². The minimum atomic E-state index is 0.672. The molecule has 1 aliphatic rings. The van der Waals surface area contributed by atoms with Crippen molar-refractivity contribution in [2.75, 3.05) is 13.2 Å². The summed E-state index contributed by atoms with van der Waals surface area (Å²) in [6.07, 6.45) is 2.29. The molecule has 0 aliphatic carbocycles. The van der Waals surface area contributed by atoms with Crippen LogP contribution < -0.4 is 0 Å². The van der Waals surface area contributed by atoms with Crippen molar-refractivity contribution in [2.45, 2.75) is 26.3 Å². The molecule has 1 saturated heterocycles. The van der Waals surface area contributed by atoms with Gasteiger partial charge in [-0.3, -0.25) is 4.68 Å². The topological polar surface area (TPSA) is 47.8 Å². The van der Waals surface area contributed by atoms with Crippen molar-refractivity contribution in [1.82, 2.24) is 19.3 Å². The Kier molecular flexibility index (Phi) is 2.99. The summed E-state index contributed by atoms with van der Waals surface area (Å²) in [5.74, 6) is 0.672. The highest BCUT2D eigenvalue weighted by atomic mass is 32.1. The summed E-state index contributed by atoms with van der Waals surface area (Å²) in [6.45, 7) is 4.74. The summed E-state index contributed by atoms with van der Waals surface area (Å²) in [7, 11) is 1.97. The van der Waals surface area contributed by atoms with E-state index in [-0.39, 0.29) is 0 Å². The summed E-state index contributed by atoms with van der Waals surface area (Å²) >= 11 is 5.40. The van der Waals surface area contributed by atoms with E-state index in [1.807, 2.05) is 18.7 Å². The molecule has 0 saturated carbocycles. The first kappa shape index (κ1) is 11.9. The quantitative estimate of drug-likeness (QED) is 0.866. The fourth-order valence-corrected chi connectivity index (χ4v) is 2.98. The Bertz CT molecular complexity index is 618. The van der Waals surface area contributed by atoms with Crippen LogP contribution in [0.4, 0.5) is 0 Å². The number of H-pyrrole nitrogens is 1. The molecule has 1 N–H and O–H groups in total. The second-order valence-corrected chi connectivity index (χ2v) is 5.39. The van der Waals surface area contributed by atoms with E-state index in [0.29, 0.717) is 5.92 Å². The van der Waals surface area contributed by atoms with E-state index in [1.54, 1.807) is 0 Å². The molecule has 3 rings (SSSR count).